The molecule has 2 N–H and O–H groups in total. The van der Waals surface area contributed by atoms with E-state index in [-0.39, 0.29) is 11.3 Å². The number of hydrogen-bond acceptors (Lipinski definition) is 2. The quantitative estimate of drug-likeness (QED) is 0.910. The van der Waals surface area contributed by atoms with Crippen LogP contribution < -0.4 is 5.32 Å². The van der Waals surface area contributed by atoms with Gasteiger partial charge in [0.1, 0.15) is 5.69 Å². The maximum atomic E-state index is 12.5. The van der Waals surface area contributed by atoms with Crippen molar-refractivity contribution in [3.8, 4) is 0 Å². The van der Waals surface area contributed by atoms with E-state index in [0.29, 0.717) is 23.4 Å². The van der Waals surface area contributed by atoms with Crippen LogP contribution in [0.1, 0.15) is 36.2 Å². The zero-order valence-corrected chi connectivity index (χ0v) is 13.1. The van der Waals surface area contributed by atoms with Gasteiger partial charge in [-0.15, -0.1) is 0 Å². The second-order valence-corrected chi connectivity index (χ2v) is 6.78. The molecule has 1 amide bonds. The van der Waals surface area contributed by atoms with E-state index in [1.54, 1.807) is 0 Å². The van der Waals surface area contributed by atoms with Gasteiger partial charge >= 0.3 is 0 Å². The number of para-hydroxylation sites is 1. The minimum atomic E-state index is -0.131. The summed E-state index contributed by atoms with van der Waals surface area (Å²) in [5.74, 6) is -0.131. The molecule has 0 radical (unpaired) electrons. The van der Waals surface area contributed by atoms with Gasteiger partial charge in [0, 0.05) is 29.5 Å². The lowest BCUT2D eigenvalue weighted by atomic mass is 9.83. The predicted molar refractivity (Wildman–Crippen MR) is 86.3 cm³/mol. The first-order chi connectivity index (χ1) is 10.7. The fourth-order valence-corrected chi connectivity index (χ4v) is 4.25. The standard InChI is InChI=1S/C17H19ClN2O2/c18-14-11-4-1-2-5-12(11)20-15(14)16(21)19-10-17-7-3-6-13(17)22-9-8-17/h1-2,4-5,13,20H,3,6-10H2,(H,19,21)/t13-,17-/m1/s1. The lowest BCUT2D eigenvalue weighted by Gasteiger charge is -2.27. The Morgan fingerprint density at radius 1 is 1.41 bits per heavy atom. The lowest BCUT2D eigenvalue weighted by Crippen LogP contribution is -2.40. The van der Waals surface area contributed by atoms with Crippen LogP contribution in [0.2, 0.25) is 5.02 Å². The normalized spacial score (nSPS) is 27.2. The van der Waals surface area contributed by atoms with Gasteiger partial charge in [-0.25, -0.2) is 0 Å². The van der Waals surface area contributed by atoms with Crippen molar-refractivity contribution in [2.24, 2.45) is 5.41 Å². The van der Waals surface area contributed by atoms with Crippen molar-refractivity contribution in [1.29, 1.82) is 0 Å². The summed E-state index contributed by atoms with van der Waals surface area (Å²) in [4.78, 5) is 15.6. The van der Waals surface area contributed by atoms with Gasteiger partial charge in [-0.2, -0.15) is 0 Å². The van der Waals surface area contributed by atoms with Gasteiger partial charge in [0.15, 0.2) is 0 Å². The molecular formula is C17H19ClN2O2. The van der Waals surface area contributed by atoms with Crippen LogP contribution in [0.25, 0.3) is 10.9 Å². The Morgan fingerprint density at radius 3 is 3.14 bits per heavy atom. The van der Waals surface area contributed by atoms with E-state index in [4.69, 9.17) is 16.3 Å². The molecule has 1 aromatic carbocycles. The molecule has 0 bridgehead atoms. The lowest BCUT2D eigenvalue weighted by molar-refractivity contribution is 0.0668. The van der Waals surface area contributed by atoms with E-state index in [9.17, 15) is 4.79 Å². The number of H-pyrrole nitrogens is 1. The first-order valence-electron chi connectivity index (χ1n) is 7.86. The summed E-state index contributed by atoms with van der Waals surface area (Å²) < 4.78 is 5.80. The van der Waals surface area contributed by atoms with E-state index in [1.165, 1.54) is 6.42 Å². The van der Waals surface area contributed by atoms with Crippen molar-refractivity contribution in [1.82, 2.24) is 10.3 Å². The van der Waals surface area contributed by atoms with Gasteiger partial charge in [-0.05, 0) is 25.3 Å². The SMILES string of the molecule is O=C(NC[C@]12CCC[C@H]1OCC2)c1[nH]c2ccccc2c1Cl. The van der Waals surface area contributed by atoms with Crippen molar-refractivity contribution in [3.05, 3.63) is 35.0 Å². The Hall–Kier alpha value is -1.52. The summed E-state index contributed by atoms with van der Waals surface area (Å²) in [6, 6.07) is 7.69. The molecule has 1 aliphatic heterocycles. The number of amides is 1. The van der Waals surface area contributed by atoms with Crippen molar-refractivity contribution < 1.29 is 9.53 Å². The maximum absolute atomic E-state index is 12.5. The number of fused-ring (bicyclic) bond motifs is 2. The van der Waals surface area contributed by atoms with E-state index >= 15 is 0 Å². The maximum Gasteiger partial charge on any atom is 0.269 e. The molecule has 4 rings (SSSR count). The molecule has 1 saturated heterocycles. The number of halogens is 1. The fraction of sp³-hybridized carbons (Fsp3) is 0.471. The Labute approximate surface area is 134 Å². The summed E-state index contributed by atoms with van der Waals surface area (Å²) in [6.07, 6.45) is 4.79. The van der Waals surface area contributed by atoms with Crippen LogP contribution in [-0.2, 0) is 4.74 Å². The predicted octanol–water partition coefficient (Wildman–Crippen LogP) is 3.51. The molecule has 2 aromatic rings. The van der Waals surface area contributed by atoms with Crippen LogP contribution in [0.4, 0.5) is 0 Å². The minimum Gasteiger partial charge on any atom is -0.378 e. The molecular weight excluding hydrogens is 300 g/mol. The van der Waals surface area contributed by atoms with Crippen LogP contribution in [0.15, 0.2) is 24.3 Å². The number of ether oxygens (including phenoxy) is 1. The zero-order chi connectivity index (χ0) is 15.2. The van der Waals surface area contributed by atoms with Gasteiger partial charge in [-0.1, -0.05) is 36.2 Å². The second kappa shape index (κ2) is 5.28. The number of nitrogens with one attached hydrogen (secondary N) is 2. The summed E-state index contributed by atoms with van der Waals surface area (Å²) in [5, 5.41) is 4.45. The first-order valence-corrected chi connectivity index (χ1v) is 8.23. The molecule has 2 aliphatic rings. The first kappa shape index (κ1) is 14.1. The van der Waals surface area contributed by atoms with Crippen LogP contribution in [0.3, 0.4) is 0 Å². The number of carbonyl (C=O) groups excluding carboxylic acids is 1. The molecule has 4 nitrogen and oxygen atoms in total. The highest BCUT2D eigenvalue weighted by molar-refractivity contribution is 6.38. The molecule has 1 aromatic heterocycles. The average Bonchev–Trinajstić information content (AvgIpc) is 3.18. The molecule has 2 fully saturated rings. The molecule has 2 atom stereocenters. The summed E-state index contributed by atoms with van der Waals surface area (Å²) >= 11 is 6.34. The van der Waals surface area contributed by atoms with Crippen molar-refractivity contribution in [2.45, 2.75) is 31.8 Å². The fourth-order valence-electron chi connectivity index (χ4n) is 3.96. The second-order valence-electron chi connectivity index (χ2n) is 6.41. The summed E-state index contributed by atoms with van der Waals surface area (Å²) in [7, 11) is 0. The average molecular weight is 319 g/mol. The molecule has 0 spiro atoms. The number of benzene rings is 1. The third-order valence-electron chi connectivity index (χ3n) is 5.21. The van der Waals surface area contributed by atoms with Gasteiger partial charge in [0.05, 0.1) is 11.1 Å². The molecule has 0 unspecified atom stereocenters. The van der Waals surface area contributed by atoms with Crippen LogP contribution in [0.5, 0.6) is 0 Å². The van der Waals surface area contributed by atoms with Gasteiger partial charge in [0.2, 0.25) is 0 Å². The molecule has 1 saturated carbocycles. The minimum absolute atomic E-state index is 0.131. The van der Waals surface area contributed by atoms with Gasteiger partial charge < -0.3 is 15.0 Å². The molecule has 22 heavy (non-hydrogen) atoms. The van der Waals surface area contributed by atoms with Crippen LogP contribution in [0, 0.1) is 5.41 Å². The number of rotatable bonds is 3. The Bertz CT molecular complexity index is 715. The van der Waals surface area contributed by atoms with Gasteiger partial charge in [0.25, 0.3) is 5.91 Å². The number of carbonyl (C=O) groups is 1. The van der Waals surface area contributed by atoms with Crippen LogP contribution in [-0.4, -0.2) is 30.1 Å². The number of aromatic nitrogens is 1. The van der Waals surface area contributed by atoms with Gasteiger partial charge in [-0.3, -0.25) is 4.79 Å². The number of aromatic amines is 1. The van der Waals surface area contributed by atoms with E-state index in [0.717, 1.165) is 36.8 Å². The summed E-state index contributed by atoms with van der Waals surface area (Å²) in [6.45, 7) is 1.48. The van der Waals surface area contributed by atoms with Crippen molar-refractivity contribution in [3.63, 3.8) is 0 Å². The van der Waals surface area contributed by atoms with E-state index < -0.39 is 0 Å². The highest BCUT2D eigenvalue weighted by Gasteiger charge is 2.47. The molecule has 1 aliphatic carbocycles. The topological polar surface area (TPSA) is 54.1 Å². The Balaban J connectivity index is 1.53. The van der Waals surface area contributed by atoms with Crippen molar-refractivity contribution >= 4 is 28.4 Å². The molecule has 116 valence electrons. The highest BCUT2D eigenvalue weighted by atomic mass is 35.5. The Morgan fingerprint density at radius 2 is 2.27 bits per heavy atom. The van der Waals surface area contributed by atoms with E-state index in [1.807, 2.05) is 24.3 Å². The third kappa shape index (κ3) is 2.13. The van der Waals surface area contributed by atoms with Crippen molar-refractivity contribution in [2.75, 3.05) is 13.2 Å². The smallest absolute Gasteiger partial charge is 0.269 e. The van der Waals surface area contributed by atoms with Crippen LogP contribution >= 0.6 is 11.6 Å². The largest absolute Gasteiger partial charge is 0.378 e. The molecule has 5 heteroatoms. The summed E-state index contributed by atoms with van der Waals surface area (Å²) in [5.41, 5.74) is 1.47. The van der Waals surface area contributed by atoms with E-state index in [2.05, 4.69) is 10.3 Å². The highest BCUT2D eigenvalue weighted by Crippen LogP contribution is 2.46. The third-order valence-corrected chi connectivity index (χ3v) is 5.61. The Kier molecular flexibility index (Phi) is 3.39. The molecule has 2 heterocycles. The monoisotopic (exact) mass is 318 g/mol. The zero-order valence-electron chi connectivity index (χ0n) is 12.3. The number of hydrogen-bond donors (Lipinski definition) is 2.